The molecule has 2 unspecified atom stereocenters. The Bertz CT molecular complexity index is 123. The van der Waals surface area contributed by atoms with Crippen molar-refractivity contribution in [3.63, 3.8) is 0 Å². The van der Waals surface area contributed by atoms with E-state index < -0.39 is 16.1 Å². The van der Waals surface area contributed by atoms with E-state index in [1.54, 1.807) is 0 Å². The summed E-state index contributed by atoms with van der Waals surface area (Å²) in [6.45, 7) is 1.27. The third kappa shape index (κ3) is 2.02. The fourth-order valence-electron chi connectivity index (χ4n) is 0.156. The first-order valence-electron chi connectivity index (χ1n) is 2.40. The van der Waals surface area contributed by atoms with Crippen LogP contribution < -0.4 is 0 Å². The monoisotopic (exact) mass is 153 g/mol. The fourth-order valence-corrected chi connectivity index (χ4v) is 0.469. The molecular formula is C4H11NO3S. The summed E-state index contributed by atoms with van der Waals surface area (Å²) in [5.41, 5.74) is 0. The minimum absolute atomic E-state index is 1.27. The van der Waals surface area contributed by atoms with E-state index in [0.29, 0.717) is 0 Å². The molecule has 0 rings (SSSR count). The van der Waals surface area contributed by atoms with Gasteiger partial charge in [-0.15, -0.1) is 0 Å². The maximum absolute atomic E-state index is 10.3. The summed E-state index contributed by atoms with van der Waals surface area (Å²) in [4.78, 5) is 1.27. The van der Waals surface area contributed by atoms with Crippen LogP contribution in [0.15, 0.2) is 0 Å². The lowest BCUT2D eigenvalue weighted by Crippen LogP contribution is -2.44. The Morgan fingerprint density at radius 1 is 1.56 bits per heavy atom. The Labute approximate surface area is 56.8 Å². The molecule has 0 aliphatic heterocycles. The lowest BCUT2D eigenvalue weighted by atomic mass is 10.6. The van der Waals surface area contributed by atoms with E-state index in [0.717, 1.165) is 0 Å². The maximum Gasteiger partial charge on any atom is 0.218 e. The smallest absolute Gasteiger partial charge is 0.218 e. The second-order valence-corrected chi connectivity index (χ2v) is 3.35. The molecule has 2 atom stereocenters. The summed E-state index contributed by atoms with van der Waals surface area (Å²) in [6, 6.07) is 0. The van der Waals surface area contributed by atoms with Crippen LogP contribution in [0.2, 0.25) is 0 Å². The molecule has 4 nitrogen and oxygen atoms in total. The first-order chi connectivity index (χ1) is 3.89. The van der Waals surface area contributed by atoms with Gasteiger partial charge in [0.25, 0.3) is 0 Å². The van der Waals surface area contributed by atoms with Gasteiger partial charge in [0.1, 0.15) is 0 Å². The van der Waals surface area contributed by atoms with Gasteiger partial charge >= 0.3 is 0 Å². The topological polar surface area (TPSA) is 60.8 Å². The SMILES string of the molecule is CN(C)C(C)(O)S(=O)O. The first-order valence-corrected chi connectivity index (χ1v) is 3.50. The molecule has 0 aromatic heterocycles. The van der Waals surface area contributed by atoms with Gasteiger partial charge in [0.15, 0.2) is 0 Å². The normalized spacial score (nSPS) is 21.6. The standard InChI is InChI=1S/C4H11NO3S/c1-4(6,5(2)3)9(7)8/h6H,1-3H3,(H,7,8). The molecule has 56 valence electrons. The zero-order valence-corrected chi connectivity index (χ0v) is 6.47. The number of nitrogens with zero attached hydrogens (tertiary/aromatic N) is 1. The van der Waals surface area contributed by atoms with E-state index in [4.69, 9.17) is 9.66 Å². The summed E-state index contributed by atoms with van der Waals surface area (Å²) in [5.74, 6) is 0. The third-order valence-corrected chi connectivity index (χ3v) is 2.19. The van der Waals surface area contributed by atoms with Crippen LogP contribution in [0, 0.1) is 0 Å². The molecule has 0 fully saturated rings. The Hall–Kier alpha value is 0.0300. The highest BCUT2D eigenvalue weighted by molar-refractivity contribution is 7.80. The average molecular weight is 153 g/mol. The van der Waals surface area contributed by atoms with Gasteiger partial charge in [0.2, 0.25) is 16.1 Å². The Morgan fingerprint density at radius 3 is 1.89 bits per heavy atom. The van der Waals surface area contributed by atoms with Crippen LogP contribution in [-0.4, -0.2) is 37.9 Å². The van der Waals surface area contributed by atoms with Crippen molar-refractivity contribution in [3.05, 3.63) is 0 Å². The van der Waals surface area contributed by atoms with Crippen molar-refractivity contribution >= 4 is 11.1 Å². The van der Waals surface area contributed by atoms with Crippen molar-refractivity contribution in [2.75, 3.05) is 14.1 Å². The molecule has 0 spiro atoms. The first kappa shape index (κ1) is 9.03. The zero-order valence-electron chi connectivity index (χ0n) is 5.66. The van der Waals surface area contributed by atoms with E-state index in [-0.39, 0.29) is 0 Å². The quantitative estimate of drug-likeness (QED) is 0.412. The van der Waals surface area contributed by atoms with E-state index in [9.17, 15) is 4.21 Å². The van der Waals surface area contributed by atoms with Crippen LogP contribution in [0.4, 0.5) is 0 Å². The highest BCUT2D eigenvalue weighted by Gasteiger charge is 2.29. The molecule has 0 radical (unpaired) electrons. The van der Waals surface area contributed by atoms with Crippen LogP contribution in [-0.2, 0) is 11.1 Å². The molecule has 0 saturated heterocycles. The summed E-state index contributed by atoms with van der Waals surface area (Å²) in [5, 5.41) is 7.41. The van der Waals surface area contributed by atoms with Crippen molar-refractivity contribution < 1.29 is 13.9 Å². The van der Waals surface area contributed by atoms with Gasteiger partial charge in [-0.2, -0.15) is 0 Å². The van der Waals surface area contributed by atoms with Gasteiger partial charge in [0.05, 0.1) is 0 Å². The minimum atomic E-state index is -2.22. The molecule has 0 saturated carbocycles. The number of hydrogen-bond donors (Lipinski definition) is 2. The van der Waals surface area contributed by atoms with Crippen LogP contribution in [0.1, 0.15) is 6.92 Å². The van der Waals surface area contributed by atoms with Crippen molar-refractivity contribution in [1.82, 2.24) is 4.90 Å². The lowest BCUT2D eigenvalue weighted by Gasteiger charge is -2.25. The minimum Gasteiger partial charge on any atom is -0.363 e. The van der Waals surface area contributed by atoms with Crippen molar-refractivity contribution in [3.8, 4) is 0 Å². The predicted molar refractivity (Wildman–Crippen MR) is 35.1 cm³/mol. The third-order valence-electron chi connectivity index (χ3n) is 1.16. The molecule has 0 aliphatic rings. The van der Waals surface area contributed by atoms with Gasteiger partial charge in [-0.1, -0.05) is 0 Å². The highest BCUT2D eigenvalue weighted by atomic mass is 32.2. The van der Waals surface area contributed by atoms with Gasteiger partial charge < -0.3 is 9.66 Å². The van der Waals surface area contributed by atoms with Gasteiger partial charge in [0, 0.05) is 0 Å². The predicted octanol–water partition coefficient (Wildman–Crippen LogP) is -0.564. The lowest BCUT2D eigenvalue weighted by molar-refractivity contribution is 0.0107. The van der Waals surface area contributed by atoms with Crippen molar-refractivity contribution in [1.29, 1.82) is 0 Å². The second-order valence-electron chi connectivity index (χ2n) is 2.08. The van der Waals surface area contributed by atoms with Crippen molar-refractivity contribution in [2.24, 2.45) is 0 Å². The fraction of sp³-hybridized carbons (Fsp3) is 1.00. The number of rotatable bonds is 2. The molecule has 0 amide bonds. The van der Waals surface area contributed by atoms with Crippen LogP contribution in [0.5, 0.6) is 0 Å². The van der Waals surface area contributed by atoms with Gasteiger partial charge in [-0.3, -0.25) is 4.90 Å². The molecule has 5 heteroatoms. The van der Waals surface area contributed by atoms with Crippen LogP contribution in [0.25, 0.3) is 0 Å². The molecule has 2 N–H and O–H groups in total. The second kappa shape index (κ2) is 2.74. The van der Waals surface area contributed by atoms with Crippen molar-refractivity contribution in [2.45, 2.75) is 12.0 Å². The summed E-state index contributed by atoms with van der Waals surface area (Å²) in [7, 11) is 3.04. The Kier molecular flexibility index (Phi) is 2.75. The molecule has 0 heterocycles. The molecule has 0 aromatic carbocycles. The van der Waals surface area contributed by atoms with E-state index in [1.807, 2.05) is 0 Å². The van der Waals surface area contributed by atoms with E-state index in [1.165, 1.54) is 25.9 Å². The molecule has 9 heavy (non-hydrogen) atoms. The van der Waals surface area contributed by atoms with Crippen LogP contribution >= 0.6 is 0 Å². The number of aliphatic hydroxyl groups is 1. The Morgan fingerprint density at radius 2 is 1.89 bits per heavy atom. The maximum atomic E-state index is 10.3. The van der Waals surface area contributed by atoms with Gasteiger partial charge in [-0.25, -0.2) is 4.21 Å². The molecule has 0 aliphatic carbocycles. The van der Waals surface area contributed by atoms with Gasteiger partial charge in [-0.05, 0) is 21.0 Å². The molecular weight excluding hydrogens is 142 g/mol. The molecule has 0 bridgehead atoms. The average Bonchev–Trinajstić information content (AvgIpc) is 1.65. The number of hydrogen-bond acceptors (Lipinski definition) is 3. The highest BCUT2D eigenvalue weighted by Crippen LogP contribution is 2.08. The summed E-state index contributed by atoms with van der Waals surface area (Å²) >= 11 is -2.22. The van der Waals surface area contributed by atoms with E-state index >= 15 is 0 Å². The Balaban J connectivity index is 4.19. The summed E-state index contributed by atoms with van der Waals surface area (Å²) in [6.07, 6.45) is 0. The largest absolute Gasteiger partial charge is 0.363 e. The molecule has 0 aromatic rings. The van der Waals surface area contributed by atoms with E-state index in [2.05, 4.69) is 0 Å². The zero-order chi connectivity index (χ0) is 7.65. The summed E-state index contributed by atoms with van der Waals surface area (Å²) < 4.78 is 18.7. The van der Waals surface area contributed by atoms with Crippen LogP contribution in [0.3, 0.4) is 0 Å².